The lowest BCUT2D eigenvalue weighted by molar-refractivity contribution is -0.107. The lowest BCUT2D eigenvalue weighted by Gasteiger charge is -1.95. The molecule has 0 fully saturated rings. The molecule has 0 aliphatic rings. The molecule has 0 aromatic carbocycles. The van der Waals surface area contributed by atoms with Crippen molar-refractivity contribution >= 4 is 6.29 Å². The van der Waals surface area contributed by atoms with Crippen LogP contribution in [0.1, 0.15) is 64.7 Å². The van der Waals surface area contributed by atoms with Gasteiger partial charge in [0, 0.05) is 6.42 Å². The fourth-order valence-electron chi connectivity index (χ4n) is 1.40. The first-order valence-electron chi connectivity index (χ1n) is 6.00. The molecule has 0 heterocycles. The van der Waals surface area contributed by atoms with Gasteiger partial charge in [-0.05, 0) is 25.7 Å². The van der Waals surface area contributed by atoms with Crippen molar-refractivity contribution in [1.82, 2.24) is 0 Å². The molecule has 0 bridgehead atoms. The number of hydrogen-bond donors (Lipinski definition) is 0. The summed E-state index contributed by atoms with van der Waals surface area (Å²) in [6.45, 7) is 2.22. The van der Waals surface area contributed by atoms with Gasteiger partial charge in [-0.15, -0.1) is 0 Å². The fraction of sp³-hybridized carbons (Fsp3) is 0.769. The lowest BCUT2D eigenvalue weighted by atomic mass is 10.1. The number of rotatable bonds is 10. The Morgan fingerprint density at radius 3 is 1.93 bits per heavy atom. The summed E-state index contributed by atoms with van der Waals surface area (Å²) in [5.41, 5.74) is 0. The Morgan fingerprint density at radius 1 is 0.786 bits per heavy atom. The van der Waals surface area contributed by atoms with Crippen LogP contribution in [0.5, 0.6) is 0 Å². The summed E-state index contributed by atoms with van der Waals surface area (Å²) in [7, 11) is 0. The van der Waals surface area contributed by atoms with Crippen LogP contribution in [0.4, 0.5) is 0 Å². The molecule has 14 heavy (non-hydrogen) atoms. The van der Waals surface area contributed by atoms with Crippen LogP contribution in [0.2, 0.25) is 0 Å². The number of hydrogen-bond acceptors (Lipinski definition) is 1. The molecule has 1 nitrogen and oxygen atoms in total. The van der Waals surface area contributed by atoms with Gasteiger partial charge >= 0.3 is 0 Å². The fourth-order valence-corrected chi connectivity index (χ4v) is 1.40. The van der Waals surface area contributed by atoms with Crippen LogP contribution < -0.4 is 0 Å². The molecule has 0 spiro atoms. The Bertz CT molecular complexity index is 138. The monoisotopic (exact) mass is 196 g/mol. The zero-order valence-corrected chi connectivity index (χ0v) is 9.50. The molecule has 0 aliphatic carbocycles. The Balaban J connectivity index is 2.97. The largest absolute Gasteiger partial charge is 0.303 e. The highest BCUT2D eigenvalue weighted by Crippen LogP contribution is 2.05. The third kappa shape index (κ3) is 11.4. The molecule has 0 saturated carbocycles. The standard InChI is InChI=1S/C13H24O/c1-2-3-4-5-6-7-8-9-10-11-12-13-14/h5-6,13H,2-4,7-12H2,1H3. The van der Waals surface area contributed by atoms with Crippen molar-refractivity contribution in [1.29, 1.82) is 0 Å². The zero-order valence-electron chi connectivity index (χ0n) is 9.50. The van der Waals surface area contributed by atoms with Crippen molar-refractivity contribution in [2.75, 3.05) is 0 Å². The summed E-state index contributed by atoms with van der Waals surface area (Å²) in [6, 6.07) is 0. The number of aldehydes is 1. The molecular weight excluding hydrogens is 172 g/mol. The van der Waals surface area contributed by atoms with Crippen LogP contribution in [-0.4, -0.2) is 6.29 Å². The Hall–Kier alpha value is -0.590. The molecule has 0 saturated heterocycles. The van der Waals surface area contributed by atoms with Crippen LogP contribution in [0.3, 0.4) is 0 Å². The smallest absolute Gasteiger partial charge is 0.119 e. The van der Waals surface area contributed by atoms with Crippen molar-refractivity contribution in [3.63, 3.8) is 0 Å². The zero-order chi connectivity index (χ0) is 10.5. The molecule has 0 unspecified atom stereocenters. The second kappa shape index (κ2) is 12.4. The van der Waals surface area contributed by atoms with Gasteiger partial charge in [0.25, 0.3) is 0 Å². The molecule has 0 aromatic rings. The number of carbonyl (C=O) groups is 1. The van der Waals surface area contributed by atoms with Gasteiger partial charge in [-0.2, -0.15) is 0 Å². The van der Waals surface area contributed by atoms with Gasteiger partial charge < -0.3 is 4.79 Å². The SMILES string of the molecule is CCCCC=CCCCCCCC=O. The first-order valence-corrected chi connectivity index (χ1v) is 6.00. The first-order chi connectivity index (χ1) is 6.91. The van der Waals surface area contributed by atoms with Crippen LogP contribution in [0.15, 0.2) is 12.2 Å². The van der Waals surface area contributed by atoms with Crippen LogP contribution >= 0.6 is 0 Å². The van der Waals surface area contributed by atoms with Crippen molar-refractivity contribution in [3.05, 3.63) is 12.2 Å². The Labute approximate surface area is 88.6 Å². The van der Waals surface area contributed by atoms with Gasteiger partial charge in [-0.25, -0.2) is 0 Å². The molecular formula is C13H24O. The molecule has 0 N–H and O–H groups in total. The number of unbranched alkanes of at least 4 members (excludes halogenated alkanes) is 7. The van der Waals surface area contributed by atoms with E-state index in [4.69, 9.17) is 0 Å². The molecule has 0 aromatic heterocycles. The van der Waals surface area contributed by atoms with E-state index < -0.39 is 0 Å². The summed E-state index contributed by atoms with van der Waals surface area (Å²) in [5, 5.41) is 0. The highest BCUT2D eigenvalue weighted by Gasteiger charge is 1.87. The van der Waals surface area contributed by atoms with Crippen molar-refractivity contribution < 1.29 is 4.79 Å². The summed E-state index contributed by atoms with van der Waals surface area (Å²) in [5.74, 6) is 0. The average Bonchev–Trinajstić information content (AvgIpc) is 2.21. The Morgan fingerprint density at radius 2 is 1.36 bits per heavy atom. The Kier molecular flexibility index (Phi) is 11.9. The average molecular weight is 196 g/mol. The highest BCUT2D eigenvalue weighted by molar-refractivity contribution is 5.48. The third-order valence-corrected chi connectivity index (χ3v) is 2.33. The molecule has 1 heteroatoms. The minimum atomic E-state index is 0.742. The molecule has 0 radical (unpaired) electrons. The van der Waals surface area contributed by atoms with Gasteiger partial charge in [-0.3, -0.25) is 0 Å². The van der Waals surface area contributed by atoms with E-state index in [0.717, 1.165) is 19.1 Å². The quantitative estimate of drug-likeness (QED) is 0.290. The summed E-state index contributed by atoms with van der Waals surface area (Å²) in [6.07, 6.45) is 16.2. The van der Waals surface area contributed by atoms with Crippen LogP contribution in [-0.2, 0) is 4.79 Å². The van der Waals surface area contributed by atoms with Gasteiger partial charge in [-0.1, -0.05) is 44.8 Å². The lowest BCUT2D eigenvalue weighted by Crippen LogP contribution is -1.79. The summed E-state index contributed by atoms with van der Waals surface area (Å²) >= 11 is 0. The predicted octanol–water partition coefficient (Wildman–Crippen LogP) is 4.27. The van der Waals surface area contributed by atoms with Gasteiger partial charge in [0.15, 0.2) is 0 Å². The van der Waals surface area contributed by atoms with Gasteiger partial charge in [0.2, 0.25) is 0 Å². The molecule has 0 aliphatic heterocycles. The number of allylic oxidation sites excluding steroid dienone is 2. The van der Waals surface area contributed by atoms with E-state index >= 15 is 0 Å². The topological polar surface area (TPSA) is 17.1 Å². The van der Waals surface area contributed by atoms with E-state index in [0.29, 0.717) is 0 Å². The van der Waals surface area contributed by atoms with E-state index in [1.54, 1.807) is 0 Å². The summed E-state index contributed by atoms with van der Waals surface area (Å²) in [4.78, 5) is 10.0. The second-order valence-electron chi connectivity index (χ2n) is 3.77. The maximum atomic E-state index is 10.0. The van der Waals surface area contributed by atoms with Crippen molar-refractivity contribution in [3.8, 4) is 0 Å². The minimum absolute atomic E-state index is 0.742. The molecule has 82 valence electrons. The van der Waals surface area contributed by atoms with Gasteiger partial charge in [0.05, 0.1) is 0 Å². The number of carbonyl (C=O) groups excluding carboxylic acids is 1. The highest BCUT2D eigenvalue weighted by atomic mass is 16.1. The maximum Gasteiger partial charge on any atom is 0.119 e. The van der Waals surface area contributed by atoms with E-state index in [-0.39, 0.29) is 0 Å². The first kappa shape index (κ1) is 13.4. The third-order valence-electron chi connectivity index (χ3n) is 2.33. The minimum Gasteiger partial charge on any atom is -0.303 e. The van der Waals surface area contributed by atoms with Crippen LogP contribution in [0.25, 0.3) is 0 Å². The van der Waals surface area contributed by atoms with Gasteiger partial charge in [0.1, 0.15) is 6.29 Å². The predicted molar refractivity (Wildman–Crippen MR) is 62.4 cm³/mol. The van der Waals surface area contributed by atoms with E-state index in [9.17, 15) is 4.79 Å². The molecule has 0 amide bonds. The molecule has 0 atom stereocenters. The van der Waals surface area contributed by atoms with Crippen molar-refractivity contribution in [2.45, 2.75) is 64.7 Å². The second-order valence-corrected chi connectivity index (χ2v) is 3.77. The van der Waals surface area contributed by atoms with Crippen molar-refractivity contribution in [2.24, 2.45) is 0 Å². The van der Waals surface area contributed by atoms with Crippen LogP contribution in [0, 0.1) is 0 Å². The molecule has 0 rings (SSSR count). The van der Waals surface area contributed by atoms with E-state index in [1.807, 2.05) is 0 Å². The van der Waals surface area contributed by atoms with E-state index in [1.165, 1.54) is 44.9 Å². The maximum absolute atomic E-state index is 10.0. The van der Waals surface area contributed by atoms with E-state index in [2.05, 4.69) is 19.1 Å². The normalized spacial score (nSPS) is 10.9. The summed E-state index contributed by atoms with van der Waals surface area (Å²) < 4.78 is 0.